The first-order valence-electron chi connectivity index (χ1n) is 8.53. The minimum atomic E-state index is -0.775. The fraction of sp³-hybridized carbons (Fsp3) is 0.556. The molecule has 1 atom stereocenters. The maximum Gasteiger partial charge on any atom is 0.313 e. The molecule has 0 aliphatic carbocycles. The van der Waals surface area contributed by atoms with E-state index >= 15 is 0 Å². The number of piperidine rings is 1. The van der Waals surface area contributed by atoms with E-state index in [9.17, 15) is 14.0 Å². The molecule has 1 aliphatic rings. The third kappa shape index (κ3) is 5.60. The number of benzene rings is 1. The van der Waals surface area contributed by atoms with E-state index < -0.39 is 17.6 Å². The molecule has 1 aromatic carbocycles. The van der Waals surface area contributed by atoms with Crippen LogP contribution in [0.15, 0.2) is 18.2 Å². The summed E-state index contributed by atoms with van der Waals surface area (Å²) in [4.78, 5) is 26.1. The zero-order chi connectivity index (χ0) is 17.5. The molecule has 1 aliphatic heterocycles. The Kier molecular flexibility index (Phi) is 6.73. The molecule has 0 aromatic heterocycles. The first-order valence-corrected chi connectivity index (χ1v) is 8.53. The molecule has 0 radical (unpaired) electrons. The molecule has 1 aromatic rings. The van der Waals surface area contributed by atoms with Crippen molar-refractivity contribution in [3.63, 3.8) is 0 Å². The molecule has 0 saturated carbocycles. The molecule has 132 valence electrons. The van der Waals surface area contributed by atoms with Crippen LogP contribution in [0.2, 0.25) is 0 Å². The molecule has 24 heavy (non-hydrogen) atoms. The van der Waals surface area contributed by atoms with Crippen molar-refractivity contribution in [3.05, 3.63) is 29.6 Å². The highest BCUT2D eigenvalue weighted by molar-refractivity contribution is 6.39. The zero-order valence-corrected chi connectivity index (χ0v) is 14.4. The van der Waals surface area contributed by atoms with Crippen LogP contribution in [-0.4, -0.2) is 42.9 Å². The van der Waals surface area contributed by atoms with Crippen LogP contribution in [-0.2, 0) is 9.59 Å². The number of amides is 2. The molecule has 5 nitrogen and oxygen atoms in total. The van der Waals surface area contributed by atoms with E-state index in [0.29, 0.717) is 12.1 Å². The summed E-state index contributed by atoms with van der Waals surface area (Å²) in [5, 5.41) is 5.06. The van der Waals surface area contributed by atoms with Gasteiger partial charge in [0, 0.05) is 18.8 Å². The SMILES string of the molecule is Cc1ccc(NC(=O)C(=O)NCC(C)CN2CCCCC2)cc1F. The smallest absolute Gasteiger partial charge is 0.313 e. The summed E-state index contributed by atoms with van der Waals surface area (Å²) < 4.78 is 13.5. The first-order chi connectivity index (χ1) is 11.5. The number of rotatable bonds is 5. The van der Waals surface area contributed by atoms with E-state index in [1.54, 1.807) is 19.1 Å². The maximum absolute atomic E-state index is 13.5. The summed E-state index contributed by atoms with van der Waals surface area (Å²) in [5.74, 6) is -1.61. The number of aryl methyl sites for hydroxylation is 1. The van der Waals surface area contributed by atoms with E-state index in [2.05, 4.69) is 22.5 Å². The van der Waals surface area contributed by atoms with Gasteiger partial charge in [-0.05, 0) is 56.5 Å². The van der Waals surface area contributed by atoms with Crippen LogP contribution in [0.25, 0.3) is 0 Å². The summed E-state index contributed by atoms with van der Waals surface area (Å²) in [6, 6.07) is 4.34. The van der Waals surface area contributed by atoms with Gasteiger partial charge in [0.2, 0.25) is 0 Å². The van der Waals surface area contributed by atoms with E-state index in [1.165, 1.54) is 25.3 Å². The largest absolute Gasteiger partial charge is 0.348 e. The summed E-state index contributed by atoms with van der Waals surface area (Å²) in [6.45, 7) is 7.28. The van der Waals surface area contributed by atoms with Gasteiger partial charge in [0.05, 0.1) is 0 Å². The Balaban J connectivity index is 1.74. The number of hydrogen-bond acceptors (Lipinski definition) is 3. The minimum Gasteiger partial charge on any atom is -0.348 e. The van der Waals surface area contributed by atoms with Gasteiger partial charge >= 0.3 is 11.8 Å². The van der Waals surface area contributed by atoms with Crippen molar-refractivity contribution >= 4 is 17.5 Å². The molecule has 1 unspecified atom stereocenters. The van der Waals surface area contributed by atoms with Gasteiger partial charge in [-0.1, -0.05) is 19.4 Å². The van der Waals surface area contributed by atoms with Crippen LogP contribution >= 0.6 is 0 Å². The monoisotopic (exact) mass is 335 g/mol. The summed E-state index contributed by atoms with van der Waals surface area (Å²) in [7, 11) is 0. The van der Waals surface area contributed by atoms with E-state index in [0.717, 1.165) is 19.6 Å². The highest BCUT2D eigenvalue weighted by Crippen LogP contribution is 2.13. The lowest BCUT2D eigenvalue weighted by Crippen LogP contribution is -2.41. The number of anilines is 1. The Morgan fingerprint density at radius 1 is 1.21 bits per heavy atom. The van der Waals surface area contributed by atoms with Gasteiger partial charge in [-0.2, -0.15) is 0 Å². The minimum absolute atomic E-state index is 0.275. The topological polar surface area (TPSA) is 61.4 Å². The van der Waals surface area contributed by atoms with Crippen LogP contribution < -0.4 is 10.6 Å². The Hall–Kier alpha value is -1.95. The lowest BCUT2D eigenvalue weighted by atomic mass is 10.1. The molecule has 2 rings (SSSR count). The molecule has 2 amide bonds. The fourth-order valence-corrected chi connectivity index (χ4v) is 2.85. The van der Waals surface area contributed by atoms with Crippen molar-refractivity contribution in [2.75, 3.05) is 31.5 Å². The Bertz CT molecular complexity index is 586. The number of carbonyl (C=O) groups is 2. The number of nitrogens with zero attached hydrogens (tertiary/aromatic N) is 1. The van der Waals surface area contributed by atoms with Crippen LogP contribution in [0.4, 0.5) is 10.1 Å². The van der Waals surface area contributed by atoms with Crippen molar-refractivity contribution < 1.29 is 14.0 Å². The van der Waals surface area contributed by atoms with E-state index in [1.807, 2.05) is 0 Å². The predicted octanol–water partition coefficient (Wildman–Crippen LogP) is 2.31. The molecule has 0 bridgehead atoms. The van der Waals surface area contributed by atoms with Crippen LogP contribution in [0.1, 0.15) is 31.7 Å². The molecule has 2 N–H and O–H groups in total. The third-order valence-electron chi connectivity index (χ3n) is 4.27. The Morgan fingerprint density at radius 2 is 1.92 bits per heavy atom. The normalized spacial score (nSPS) is 16.5. The van der Waals surface area contributed by atoms with Gasteiger partial charge in [0.15, 0.2) is 0 Å². The quantitative estimate of drug-likeness (QED) is 0.812. The average Bonchev–Trinajstić information content (AvgIpc) is 2.57. The second-order valence-corrected chi connectivity index (χ2v) is 6.59. The second-order valence-electron chi connectivity index (χ2n) is 6.59. The number of halogens is 1. The lowest BCUT2D eigenvalue weighted by Gasteiger charge is -2.29. The van der Waals surface area contributed by atoms with Gasteiger partial charge in [0.25, 0.3) is 0 Å². The molecule has 6 heteroatoms. The first kappa shape index (κ1) is 18.4. The number of hydrogen-bond donors (Lipinski definition) is 2. The van der Waals surface area contributed by atoms with Gasteiger partial charge < -0.3 is 15.5 Å². The molecule has 1 fully saturated rings. The molecule has 1 heterocycles. The van der Waals surface area contributed by atoms with Gasteiger partial charge in [-0.25, -0.2) is 4.39 Å². The van der Waals surface area contributed by atoms with Crippen molar-refractivity contribution in [1.82, 2.24) is 10.2 Å². The average molecular weight is 335 g/mol. The highest BCUT2D eigenvalue weighted by Gasteiger charge is 2.17. The Morgan fingerprint density at radius 3 is 2.58 bits per heavy atom. The lowest BCUT2D eigenvalue weighted by molar-refractivity contribution is -0.136. The molecular formula is C18H26FN3O2. The van der Waals surface area contributed by atoms with Crippen LogP contribution in [0.3, 0.4) is 0 Å². The Labute approximate surface area is 142 Å². The highest BCUT2D eigenvalue weighted by atomic mass is 19.1. The summed E-state index contributed by atoms with van der Waals surface area (Å²) in [5.41, 5.74) is 0.767. The van der Waals surface area contributed by atoms with Gasteiger partial charge in [-0.3, -0.25) is 9.59 Å². The fourth-order valence-electron chi connectivity index (χ4n) is 2.85. The molecule has 1 saturated heterocycles. The van der Waals surface area contributed by atoms with Crippen molar-refractivity contribution in [3.8, 4) is 0 Å². The van der Waals surface area contributed by atoms with Crippen LogP contribution in [0, 0.1) is 18.7 Å². The van der Waals surface area contributed by atoms with Gasteiger partial charge in [0.1, 0.15) is 5.82 Å². The zero-order valence-electron chi connectivity index (χ0n) is 14.4. The molecule has 0 spiro atoms. The van der Waals surface area contributed by atoms with Crippen molar-refractivity contribution in [2.45, 2.75) is 33.1 Å². The summed E-state index contributed by atoms with van der Waals surface area (Å²) in [6.07, 6.45) is 3.75. The van der Waals surface area contributed by atoms with E-state index in [4.69, 9.17) is 0 Å². The number of carbonyl (C=O) groups excluding carboxylic acids is 2. The standard InChI is InChI=1S/C18H26FN3O2/c1-13(12-22-8-4-3-5-9-22)11-20-17(23)18(24)21-15-7-6-14(2)16(19)10-15/h6-7,10,13H,3-5,8-9,11-12H2,1-2H3,(H,20,23)(H,21,24). The van der Waals surface area contributed by atoms with Gasteiger partial charge in [-0.15, -0.1) is 0 Å². The third-order valence-corrected chi connectivity index (χ3v) is 4.27. The van der Waals surface area contributed by atoms with Crippen molar-refractivity contribution in [2.24, 2.45) is 5.92 Å². The van der Waals surface area contributed by atoms with Crippen molar-refractivity contribution in [1.29, 1.82) is 0 Å². The predicted molar refractivity (Wildman–Crippen MR) is 92.2 cm³/mol. The maximum atomic E-state index is 13.5. The number of likely N-dealkylation sites (tertiary alicyclic amines) is 1. The molecular weight excluding hydrogens is 309 g/mol. The van der Waals surface area contributed by atoms with E-state index in [-0.39, 0.29) is 11.6 Å². The van der Waals surface area contributed by atoms with Crippen LogP contribution in [0.5, 0.6) is 0 Å². The second kappa shape index (κ2) is 8.78. The summed E-state index contributed by atoms with van der Waals surface area (Å²) >= 11 is 0. The number of nitrogens with one attached hydrogen (secondary N) is 2.